The van der Waals surface area contributed by atoms with Crippen molar-refractivity contribution in [3.63, 3.8) is 0 Å². The first-order chi connectivity index (χ1) is 13.3. The summed E-state index contributed by atoms with van der Waals surface area (Å²) < 4.78 is 5.77. The van der Waals surface area contributed by atoms with Gasteiger partial charge >= 0.3 is 0 Å². The highest BCUT2D eigenvalue weighted by Gasteiger charge is 2.37. The van der Waals surface area contributed by atoms with Crippen molar-refractivity contribution in [1.82, 2.24) is 10.2 Å². The largest absolute Gasteiger partial charge is 0.490 e. The lowest BCUT2D eigenvalue weighted by molar-refractivity contribution is -0.116. The van der Waals surface area contributed by atoms with Crippen LogP contribution in [0.25, 0.3) is 0 Å². The highest BCUT2D eigenvalue weighted by atomic mass is 35.5. The Morgan fingerprint density at radius 2 is 1.96 bits per heavy atom. The molecule has 0 spiro atoms. The van der Waals surface area contributed by atoms with Gasteiger partial charge in [0.05, 0.1) is 22.7 Å². The van der Waals surface area contributed by atoms with Gasteiger partial charge in [-0.05, 0) is 55.1 Å². The summed E-state index contributed by atoms with van der Waals surface area (Å²) in [6, 6.07) is 3.31. The Hall–Kier alpha value is -1.30. The maximum absolute atomic E-state index is 12.8. The highest BCUT2D eigenvalue weighted by Crippen LogP contribution is 2.41. The van der Waals surface area contributed by atoms with Gasteiger partial charge in [0.25, 0.3) is 0 Å². The zero-order valence-electron chi connectivity index (χ0n) is 16.5. The minimum atomic E-state index is -0.336. The predicted octanol–water partition coefficient (Wildman–Crippen LogP) is 5.68. The van der Waals surface area contributed by atoms with Gasteiger partial charge in [-0.2, -0.15) is 0 Å². The fraction of sp³-hybridized carbons (Fsp3) is 0.524. The molecule has 0 aromatic heterocycles. The fourth-order valence-corrected chi connectivity index (χ4v) is 4.63. The number of ketones is 1. The van der Waals surface area contributed by atoms with Crippen LogP contribution in [0.2, 0.25) is 10.0 Å². The summed E-state index contributed by atoms with van der Waals surface area (Å²) in [6.07, 6.45) is 3.23. The maximum Gasteiger partial charge on any atom is 0.173 e. The van der Waals surface area contributed by atoms with E-state index in [4.69, 9.17) is 40.2 Å². The van der Waals surface area contributed by atoms with Gasteiger partial charge in [0.15, 0.2) is 16.6 Å². The monoisotopic (exact) mass is 440 g/mol. The van der Waals surface area contributed by atoms with Crippen molar-refractivity contribution in [3.05, 3.63) is 39.0 Å². The molecule has 0 saturated carbocycles. The van der Waals surface area contributed by atoms with Crippen molar-refractivity contribution in [2.24, 2.45) is 5.92 Å². The highest BCUT2D eigenvalue weighted by molar-refractivity contribution is 7.80. The molecule has 1 atom stereocenters. The number of halogens is 2. The molecule has 152 valence electrons. The van der Waals surface area contributed by atoms with Crippen LogP contribution in [0.4, 0.5) is 0 Å². The molecular weight excluding hydrogens is 415 g/mol. The number of hydrogen-bond acceptors (Lipinski definition) is 3. The molecule has 1 heterocycles. The summed E-state index contributed by atoms with van der Waals surface area (Å²) in [6.45, 7) is 7.56. The molecule has 7 heteroatoms. The Kier molecular flexibility index (Phi) is 6.89. The molecule has 1 aliphatic heterocycles. The molecule has 1 aromatic carbocycles. The predicted molar refractivity (Wildman–Crippen MR) is 118 cm³/mol. The quantitative estimate of drug-likeness (QED) is 0.576. The van der Waals surface area contributed by atoms with Crippen LogP contribution < -0.4 is 10.1 Å². The zero-order chi connectivity index (χ0) is 20.4. The zero-order valence-corrected chi connectivity index (χ0v) is 18.8. The van der Waals surface area contributed by atoms with Gasteiger partial charge in [0.2, 0.25) is 0 Å². The van der Waals surface area contributed by atoms with E-state index < -0.39 is 0 Å². The van der Waals surface area contributed by atoms with Gasteiger partial charge in [-0.25, -0.2) is 0 Å². The number of thiocarbonyl (C=S) groups is 1. The Morgan fingerprint density at radius 1 is 1.29 bits per heavy atom. The summed E-state index contributed by atoms with van der Waals surface area (Å²) in [5, 5.41) is 4.87. The summed E-state index contributed by atoms with van der Waals surface area (Å²) in [5.74, 6) is 1.01. The number of hydrogen-bond donors (Lipinski definition) is 1. The van der Waals surface area contributed by atoms with Crippen molar-refractivity contribution < 1.29 is 9.53 Å². The number of rotatable bonds is 6. The number of benzene rings is 1. The maximum atomic E-state index is 12.8. The SMILES string of the molecule is CCCN1C(=S)NC(c2cc(Cl)c(OCC(C)C)c(Cl)c2)C2=C1CCCC2=O. The van der Waals surface area contributed by atoms with Crippen LogP contribution in [0.3, 0.4) is 0 Å². The van der Waals surface area contributed by atoms with E-state index in [1.54, 1.807) is 0 Å². The molecule has 2 aliphatic rings. The van der Waals surface area contributed by atoms with E-state index in [1.807, 2.05) is 12.1 Å². The number of Topliss-reactive ketones (excluding diaryl/α,β-unsaturated/α-hetero) is 1. The summed E-state index contributed by atoms with van der Waals surface area (Å²) in [7, 11) is 0. The van der Waals surface area contributed by atoms with Crippen LogP contribution in [0.15, 0.2) is 23.4 Å². The number of allylic oxidation sites excluding steroid dienone is 1. The van der Waals surface area contributed by atoms with Crippen LogP contribution in [0.5, 0.6) is 5.75 Å². The minimum absolute atomic E-state index is 0.162. The summed E-state index contributed by atoms with van der Waals surface area (Å²) in [4.78, 5) is 14.9. The second kappa shape index (κ2) is 9.02. The molecule has 1 N–H and O–H groups in total. The van der Waals surface area contributed by atoms with Crippen molar-refractivity contribution in [1.29, 1.82) is 0 Å². The van der Waals surface area contributed by atoms with Gasteiger partial charge < -0.3 is 15.0 Å². The second-order valence-corrected chi connectivity index (χ2v) is 8.89. The van der Waals surface area contributed by atoms with E-state index in [0.717, 1.165) is 42.6 Å². The lowest BCUT2D eigenvalue weighted by Crippen LogP contribution is -2.49. The molecule has 28 heavy (non-hydrogen) atoms. The first kappa shape index (κ1) is 21.4. The first-order valence-corrected chi connectivity index (χ1v) is 11.0. The third kappa shape index (κ3) is 4.32. The molecule has 0 fully saturated rings. The topological polar surface area (TPSA) is 41.6 Å². The van der Waals surface area contributed by atoms with Gasteiger partial charge in [-0.15, -0.1) is 0 Å². The van der Waals surface area contributed by atoms with E-state index in [-0.39, 0.29) is 11.8 Å². The van der Waals surface area contributed by atoms with Crippen molar-refractivity contribution >= 4 is 46.3 Å². The number of ether oxygens (including phenoxy) is 1. The molecule has 0 bridgehead atoms. The number of nitrogens with zero attached hydrogens (tertiary/aromatic N) is 1. The van der Waals surface area contributed by atoms with Crippen molar-refractivity contribution in [3.8, 4) is 5.75 Å². The second-order valence-electron chi connectivity index (χ2n) is 7.69. The normalized spacial score (nSPS) is 19.8. The van der Waals surface area contributed by atoms with Crippen molar-refractivity contribution in [2.45, 2.75) is 52.5 Å². The molecule has 3 rings (SSSR count). The van der Waals surface area contributed by atoms with Crippen LogP contribution >= 0.6 is 35.4 Å². The molecular formula is C21H26Cl2N2O2S. The van der Waals surface area contributed by atoms with E-state index in [9.17, 15) is 4.79 Å². The summed E-state index contributed by atoms with van der Waals surface area (Å²) in [5.41, 5.74) is 2.66. The lowest BCUT2D eigenvalue weighted by atomic mass is 9.84. The van der Waals surface area contributed by atoms with E-state index >= 15 is 0 Å². The molecule has 0 amide bonds. The van der Waals surface area contributed by atoms with Crippen LogP contribution in [-0.4, -0.2) is 28.9 Å². The van der Waals surface area contributed by atoms with E-state index in [0.29, 0.717) is 39.9 Å². The standard InChI is InChI=1S/C21H26Cl2N2O2S/c1-4-8-25-16-6-5-7-17(26)18(16)19(24-21(25)28)13-9-14(22)20(15(23)10-13)27-11-12(2)3/h9-10,12,19H,4-8,11H2,1-3H3,(H,24,28). The third-order valence-corrected chi connectivity index (χ3v) is 5.82. The average Bonchev–Trinajstić information content (AvgIpc) is 2.63. The third-order valence-electron chi connectivity index (χ3n) is 4.92. The van der Waals surface area contributed by atoms with Gasteiger partial charge in [-0.3, -0.25) is 4.79 Å². The first-order valence-electron chi connectivity index (χ1n) is 9.79. The van der Waals surface area contributed by atoms with E-state index in [2.05, 4.69) is 31.0 Å². The molecule has 0 radical (unpaired) electrons. The fourth-order valence-electron chi connectivity index (χ4n) is 3.69. The molecule has 1 unspecified atom stereocenters. The Bertz CT molecular complexity index is 800. The van der Waals surface area contributed by atoms with Crippen LogP contribution in [0, 0.1) is 5.92 Å². The molecule has 4 nitrogen and oxygen atoms in total. The van der Waals surface area contributed by atoms with Gasteiger partial charge in [0.1, 0.15) is 0 Å². The minimum Gasteiger partial charge on any atom is -0.490 e. The van der Waals surface area contributed by atoms with Crippen molar-refractivity contribution in [2.75, 3.05) is 13.2 Å². The lowest BCUT2D eigenvalue weighted by Gasteiger charge is -2.41. The molecule has 1 aromatic rings. The Labute approximate surface area is 182 Å². The average molecular weight is 441 g/mol. The number of carbonyl (C=O) groups is 1. The van der Waals surface area contributed by atoms with Gasteiger partial charge in [0, 0.05) is 24.2 Å². The Morgan fingerprint density at radius 3 is 2.57 bits per heavy atom. The molecule has 1 aliphatic carbocycles. The summed E-state index contributed by atoms with van der Waals surface area (Å²) >= 11 is 18.6. The van der Waals surface area contributed by atoms with E-state index in [1.165, 1.54) is 0 Å². The Balaban J connectivity index is 2.01. The van der Waals surface area contributed by atoms with Crippen LogP contribution in [0.1, 0.15) is 58.1 Å². The molecule has 0 saturated heterocycles. The number of carbonyl (C=O) groups excluding carboxylic acids is 1. The number of nitrogens with one attached hydrogen (secondary N) is 1. The van der Waals surface area contributed by atoms with Crippen LogP contribution in [-0.2, 0) is 4.79 Å². The van der Waals surface area contributed by atoms with Gasteiger partial charge in [-0.1, -0.05) is 44.0 Å². The smallest absolute Gasteiger partial charge is 0.173 e.